The first-order chi connectivity index (χ1) is 9.90. The fourth-order valence-corrected chi connectivity index (χ4v) is 7.11. The molecular weight excluding hydrogens is 324 g/mol. The summed E-state index contributed by atoms with van der Waals surface area (Å²) >= 11 is 3.64. The number of hydrogen-bond donors (Lipinski definition) is 0. The summed E-state index contributed by atoms with van der Waals surface area (Å²) in [5.41, 5.74) is 0. The minimum Gasteiger partial charge on any atom is -0.0931 e. The molecule has 0 nitrogen and oxygen atoms in total. The maximum absolute atomic E-state index is 3.64. The summed E-state index contributed by atoms with van der Waals surface area (Å²) in [6.45, 7) is 0. The molecule has 0 N–H and O–H groups in total. The highest BCUT2D eigenvalue weighted by molar-refractivity contribution is 9.09. The van der Waals surface area contributed by atoms with Crippen LogP contribution in [-0.2, 0) is 0 Å². The van der Waals surface area contributed by atoms with Crippen LogP contribution in [0, 0.1) is 0 Å². The molecule has 0 radical (unpaired) electrons. The Morgan fingerprint density at radius 3 is 2.25 bits per heavy atom. The number of halogens is 1. The zero-order valence-corrected chi connectivity index (χ0v) is 14.0. The lowest BCUT2D eigenvalue weighted by molar-refractivity contribution is 1.48. The van der Waals surface area contributed by atoms with Crippen molar-refractivity contribution in [3.8, 4) is 0 Å². The average molecular weight is 341 g/mol. The van der Waals surface area contributed by atoms with E-state index >= 15 is 0 Å². The topological polar surface area (TPSA) is 0 Å². The van der Waals surface area contributed by atoms with Gasteiger partial charge in [0.1, 0.15) is 8.80 Å². The lowest BCUT2D eigenvalue weighted by Crippen LogP contribution is -2.42. The highest BCUT2D eigenvalue weighted by Crippen LogP contribution is 2.13. The van der Waals surface area contributed by atoms with Gasteiger partial charge < -0.3 is 0 Å². The number of hydrogen-bond acceptors (Lipinski definition) is 0. The Bertz CT molecular complexity index is 689. The van der Waals surface area contributed by atoms with E-state index in [4.69, 9.17) is 0 Å². The minimum atomic E-state index is -1.15. The molecule has 0 saturated carbocycles. The van der Waals surface area contributed by atoms with Crippen molar-refractivity contribution in [3.63, 3.8) is 0 Å². The second-order valence-electron chi connectivity index (χ2n) is 5.01. The third-order valence-corrected chi connectivity index (χ3v) is 8.41. The van der Waals surface area contributed by atoms with Gasteiger partial charge in [-0.05, 0) is 16.8 Å². The third-order valence-electron chi connectivity index (χ3n) is 3.80. The molecule has 3 aromatic carbocycles. The summed E-state index contributed by atoms with van der Waals surface area (Å²) in [6, 6.07) is 27.8. The molecule has 1 atom stereocenters. The zero-order valence-electron chi connectivity index (χ0n) is 11.3. The molecule has 0 amide bonds. The Balaban J connectivity index is 2.15. The standard InChI is InChI=1S/C18H17BrSi/c19-13-14-20(16-9-2-1-3-10-16)18-12-6-8-15-7-4-5-11-17(15)18/h1-12,20H,13-14H2. The van der Waals surface area contributed by atoms with Gasteiger partial charge in [0.15, 0.2) is 0 Å². The quantitative estimate of drug-likeness (QED) is 0.503. The van der Waals surface area contributed by atoms with Gasteiger partial charge >= 0.3 is 0 Å². The number of fused-ring (bicyclic) bond motifs is 1. The van der Waals surface area contributed by atoms with Crippen molar-refractivity contribution in [3.05, 3.63) is 72.8 Å². The van der Waals surface area contributed by atoms with Gasteiger partial charge in [-0.3, -0.25) is 0 Å². The molecule has 0 aliphatic rings. The highest BCUT2D eigenvalue weighted by Gasteiger charge is 2.17. The van der Waals surface area contributed by atoms with Gasteiger partial charge in [0.05, 0.1) is 0 Å². The Labute approximate surface area is 130 Å². The van der Waals surface area contributed by atoms with Crippen LogP contribution in [0.1, 0.15) is 0 Å². The fraction of sp³-hybridized carbons (Fsp3) is 0.111. The largest absolute Gasteiger partial charge is 0.104 e. The first-order valence-electron chi connectivity index (χ1n) is 6.98. The molecule has 20 heavy (non-hydrogen) atoms. The monoisotopic (exact) mass is 340 g/mol. The molecular formula is C18H17BrSi. The summed E-state index contributed by atoms with van der Waals surface area (Å²) in [6.07, 6.45) is 0. The first-order valence-corrected chi connectivity index (χ1v) is 10.1. The van der Waals surface area contributed by atoms with E-state index in [-0.39, 0.29) is 0 Å². The van der Waals surface area contributed by atoms with Crippen LogP contribution in [-0.4, -0.2) is 14.1 Å². The maximum Gasteiger partial charge on any atom is 0.104 e. The lowest BCUT2D eigenvalue weighted by atomic mass is 10.1. The van der Waals surface area contributed by atoms with Crippen LogP contribution in [0.4, 0.5) is 0 Å². The van der Waals surface area contributed by atoms with E-state index < -0.39 is 8.80 Å². The van der Waals surface area contributed by atoms with Crippen LogP contribution in [0.3, 0.4) is 0 Å². The molecule has 2 heteroatoms. The molecule has 0 aliphatic carbocycles. The summed E-state index contributed by atoms with van der Waals surface area (Å²) < 4.78 is 0. The van der Waals surface area contributed by atoms with Crippen molar-refractivity contribution in [2.75, 3.05) is 5.33 Å². The maximum atomic E-state index is 3.64. The van der Waals surface area contributed by atoms with Gasteiger partial charge in [0.25, 0.3) is 0 Å². The smallest absolute Gasteiger partial charge is 0.0931 e. The molecule has 0 bridgehead atoms. The van der Waals surface area contributed by atoms with Crippen LogP contribution < -0.4 is 10.4 Å². The number of rotatable bonds is 4. The van der Waals surface area contributed by atoms with Gasteiger partial charge in [-0.2, -0.15) is 0 Å². The number of benzene rings is 3. The van der Waals surface area contributed by atoms with E-state index in [1.54, 1.807) is 5.19 Å². The van der Waals surface area contributed by atoms with Gasteiger partial charge in [-0.15, -0.1) is 0 Å². The van der Waals surface area contributed by atoms with Crippen LogP contribution in [0.25, 0.3) is 10.8 Å². The molecule has 3 aromatic rings. The van der Waals surface area contributed by atoms with Crippen molar-refractivity contribution in [2.24, 2.45) is 0 Å². The third kappa shape index (κ3) is 2.72. The fourth-order valence-electron chi connectivity index (χ4n) is 2.85. The molecule has 100 valence electrons. The zero-order chi connectivity index (χ0) is 13.8. The van der Waals surface area contributed by atoms with Crippen molar-refractivity contribution in [1.82, 2.24) is 0 Å². The molecule has 0 heterocycles. The van der Waals surface area contributed by atoms with Crippen molar-refractivity contribution in [2.45, 2.75) is 6.04 Å². The van der Waals surface area contributed by atoms with E-state index in [1.165, 1.54) is 22.0 Å². The lowest BCUT2D eigenvalue weighted by Gasteiger charge is -2.17. The van der Waals surface area contributed by atoms with Crippen molar-refractivity contribution < 1.29 is 0 Å². The summed E-state index contributed by atoms with van der Waals surface area (Å²) in [4.78, 5) is 0. The van der Waals surface area contributed by atoms with E-state index in [0.29, 0.717) is 0 Å². The summed E-state index contributed by atoms with van der Waals surface area (Å²) in [5, 5.41) is 6.95. The molecule has 0 spiro atoms. The molecule has 1 unspecified atom stereocenters. The Hall–Kier alpha value is -1.38. The normalized spacial score (nSPS) is 12.4. The highest BCUT2D eigenvalue weighted by atomic mass is 79.9. The van der Waals surface area contributed by atoms with Crippen LogP contribution in [0.15, 0.2) is 72.8 Å². The number of alkyl halides is 1. The molecule has 0 fully saturated rings. The summed E-state index contributed by atoms with van der Waals surface area (Å²) in [7, 11) is -1.15. The van der Waals surface area contributed by atoms with Crippen molar-refractivity contribution in [1.29, 1.82) is 0 Å². The Morgan fingerprint density at radius 1 is 0.750 bits per heavy atom. The van der Waals surface area contributed by atoms with E-state index in [9.17, 15) is 0 Å². The van der Waals surface area contributed by atoms with Gasteiger partial charge in [-0.1, -0.05) is 99.1 Å². The SMILES string of the molecule is BrCC[SiH](c1ccccc1)c1cccc2ccccc12. The second-order valence-corrected chi connectivity index (χ2v) is 8.77. The van der Waals surface area contributed by atoms with Crippen LogP contribution >= 0.6 is 15.9 Å². The van der Waals surface area contributed by atoms with Crippen LogP contribution in [0.5, 0.6) is 0 Å². The van der Waals surface area contributed by atoms with E-state index in [1.807, 2.05) is 0 Å². The molecule has 0 saturated heterocycles. The predicted octanol–water partition coefficient (Wildman–Crippen LogP) is 3.58. The minimum absolute atomic E-state index is 1.07. The first kappa shape index (κ1) is 13.6. The molecule has 0 aliphatic heterocycles. The molecule has 3 rings (SSSR count). The predicted molar refractivity (Wildman–Crippen MR) is 95.4 cm³/mol. The van der Waals surface area contributed by atoms with Gasteiger partial charge in [-0.25, -0.2) is 0 Å². The van der Waals surface area contributed by atoms with E-state index in [0.717, 1.165) is 5.33 Å². The van der Waals surface area contributed by atoms with Crippen LogP contribution in [0.2, 0.25) is 6.04 Å². The van der Waals surface area contributed by atoms with E-state index in [2.05, 4.69) is 88.7 Å². The second kappa shape index (κ2) is 6.38. The molecule has 0 aromatic heterocycles. The Kier molecular flexibility index (Phi) is 4.33. The van der Waals surface area contributed by atoms with Gasteiger partial charge in [0, 0.05) is 5.33 Å². The average Bonchev–Trinajstić information content (AvgIpc) is 2.53. The van der Waals surface area contributed by atoms with Crippen molar-refractivity contribution >= 4 is 45.9 Å². The Morgan fingerprint density at radius 2 is 1.45 bits per heavy atom. The van der Waals surface area contributed by atoms with Gasteiger partial charge in [0.2, 0.25) is 0 Å². The summed E-state index contributed by atoms with van der Waals surface area (Å²) in [5.74, 6) is 0.